The molecule has 0 amide bonds. The summed E-state index contributed by atoms with van der Waals surface area (Å²) in [4.78, 5) is 13.0. The first-order valence-electron chi connectivity index (χ1n) is 5.16. The summed E-state index contributed by atoms with van der Waals surface area (Å²) in [6.07, 6.45) is 2.55. The number of carbonyl (C=O) groups is 1. The van der Waals surface area contributed by atoms with Gasteiger partial charge in [-0.05, 0) is 31.4 Å². The molecule has 0 aliphatic rings. The monoisotopic (exact) mass is 227 g/mol. The minimum atomic E-state index is -0.772. The van der Waals surface area contributed by atoms with Crippen molar-refractivity contribution in [1.82, 2.24) is 0 Å². The van der Waals surface area contributed by atoms with Crippen molar-refractivity contribution in [2.45, 2.75) is 38.6 Å². The molecule has 1 atom stereocenters. The maximum absolute atomic E-state index is 10.4. The standard InChI is InChI=1S/C11H17NO2S/c1-2-9-4-5-10(15-9)7-8(12)3-6-11(13)14/h4-5,8H,2-3,6-7,12H2,1H3,(H,13,14). The lowest BCUT2D eigenvalue weighted by Crippen LogP contribution is -2.23. The number of carboxylic acids is 1. The average Bonchev–Trinajstić information content (AvgIpc) is 2.62. The van der Waals surface area contributed by atoms with E-state index in [2.05, 4.69) is 19.1 Å². The molecule has 15 heavy (non-hydrogen) atoms. The Hall–Kier alpha value is -0.870. The quantitative estimate of drug-likeness (QED) is 0.781. The second kappa shape index (κ2) is 5.88. The smallest absolute Gasteiger partial charge is 0.303 e. The fraction of sp³-hybridized carbons (Fsp3) is 0.545. The van der Waals surface area contributed by atoms with Crippen molar-refractivity contribution >= 4 is 17.3 Å². The lowest BCUT2D eigenvalue weighted by molar-refractivity contribution is -0.137. The van der Waals surface area contributed by atoms with Crippen LogP contribution in [0, 0.1) is 0 Å². The maximum atomic E-state index is 10.4. The highest BCUT2D eigenvalue weighted by atomic mass is 32.1. The Bertz CT molecular complexity index is 322. The molecule has 0 aliphatic heterocycles. The fourth-order valence-electron chi connectivity index (χ4n) is 1.39. The Kier molecular flexibility index (Phi) is 4.78. The van der Waals surface area contributed by atoms with Crippen molar-refractivity contribution in [3.8, 4) is 0 Å². The molecule has 0 bridgehead atoms. The Morgan fingerprint density at radius 3 is 2.73 bits per heavy atom. The van der Waals surface area contributed by atoms with E-state index >= 15 is 0 Å². The summed E-state index contributed by atoms with van der Waals surface area (Å²) in [6.45, 7) is 2.12. The van der Waals surface area contributed by atoms with E-state index < -0.39 is 5.97 Å². The predicted octanol–water partition coefficient (Wildman–Crippen LogP) is 2.05. The molecule has 0 fully saturated rings. The molecule has 0 spiro atoms. The molecule has 3 nitrogen and oxygen atoms in total. The SMILES string of the molecule is CCc1ccc(CC(N)CCC(=O)O)s1. The molecule has 3 N–H and O–H groups in total. The van der Waals surface area contributed by atoms with Gasteiger partial charge in [-0.1, -0.05) is 6.92 Å². The number of hydrogen-bond acceptors (Lipinski definition) is 3. The lowest BCUT2D eigenvalue weighted by atomic mass is 10.1. The number of carboxylic acid groups (broad SMARTS) is 1. The van der Waals surface area contributed by atoms with Crippen LogP contribution in [0.3, 0.4) is 0 Å². The summed E-state index contributed by atoms with van der Waals surface area (Å²) in [7, 11) is 0. The summed E-state index contributed by atoms with van der Waals surface area (Å²) < 4.78 is 0. The Balaban J connectivity index is 2.36. The van der Waals surface area contributed by atoms with Gasteiger partial charge in [0.05, 0.1) is 0 Å². The van der Waals surface area contributed by atoms with Crippen LogP contribution in [0.25, 0.3) is 0 Å². The van der Waals surface area contributed by atoms with Crippen molar-refractivity contribution in [3.63, 3.8) is 0 Å². The van der Waals surface area contributed by atoms with Crippen molar-refractivity contribution < 1.29 is 9.90 Å². The molecule has 1 aromatic rings. The van der Waals surface area contributed by atoms with Crippen LogP contribution < -0.4 is 5.73 Å². The molecule has 4 heteroatoms. The second-order valence-corrected chi connectivity index (χ2v) is 4.87. The molecule has 0 aliphatic carbocycles. The molecular weight excluding hydrogens is 210 g/mol. The van der Waals surface area contributed by atoms with Crippen LogP contribution in [0.1, 0.15) is 29.5 Å². The Morgan fingerprint density at radius 1 is 1.53 bits per heavy atom. The Morgan fingerprint density at radius 2 is 2.20 bits per heavy atom. The van der Waals surface area contributed by atoms with Crippen LogP contribution in [0.2, 0.25) is 0 Å². The van der Waals surface area contributed by atoms with E-state index in [1.807, 2.05) is 0 Å². The summed E-state index contributed by atoms with van der Waals surface area (Å²) in [5, 5.41) is 8.52. The van der Waals surface area contributed by atoms with Gasteiger partial charge in [0.1, 0.15) is 0 Å². The van der Waals surface area contributed by atoms with E-state index in [-0.39, 0.29) is 12.5 Å². The zero-order valence-corrected chi connectivity index (χ0v) is 9.72. The van der Waals surface area contributed by atoms with Gasteiger partial charge < -0.3 is 10.8 Å². The normalized spacial score (nSPS) is 12.7. The molecule has 1 aromatic heterocycles. The van der Waals surface area contributed by atoms with Gasteiger partial charge >= 0.3 is 5.97 Å². The molecule has 1 rings (SSSR count). The molecule has 84 valence electrons. The van der Waals surface area contributed by atoms with Crippen LogP contribution >= 0.6 is 11.3 Å². The van der Waals surface area contributed by atoms with E-state index in [4.69, 9.17) is 10.8 Å². The van der Waals surface area contributed by atoms with Gasteiger partial charge in [0.15, 0.2) is 0 Å². The minimum absolute atomic E-state index is 0.0375. The third-order valence-corrected chi connectivity index (χ3v) is 3.51. The minimum Gasteiger partial charge on any atom is -0.481 e. The van der Waals surface area contributed by atoms with Crippen LogP contribution in [0.4, 0.5) is 0 Å². The number of aryl methyl sites for hydroxylation is 1. The molecule has 1 unspecified atom stereocenters. The molecular formula is C11H17NO2S. The van der Waals surface area contributed by atoms with Crippen molar-refractivity contribution in [2.75, 3.05) is 0 Å². The zero-order chi connectivity index (χ0) is 11.3. The van der Waals surface area contributed by atoms with E-state index in [1.54, 1.807) is 11.3 Å². The van der Waals surface area contributed by atoms with Gasteiger partial charge in [0, 0.05) is 22.2 Å². The number of nitrogens with two attached hydrogens (primary N) is 1. The van der Waals surface area contributed by atoms with E-state index in [9.17, 15) is 4.79 Å². The van der Waals surface area contributed by atoms with Gasteiger partial charge in [-0.15, -0.1) is 11.3 Å². The molecule has 1 heterocycles. The number of rotatable bonds is 6. The van der Waals surface area contributed by atoms with Gasteiger partial charge in [0.25, 0.3) is 0 Å². The largest absolute Gasteiger partial charge is 0.481 e. The first kappa shape index (κ1) is 12.2. The second-order valence-electron chi connectivity index (χ2n) is 3.62. The van der Waals surface area contributed by atoms with Crippen LogP contribution in [0.15, 0.2) is 12.1 Å². The average molecular weight is 227 g/mol. The first-order valence-corrected chi connectivity index (χ1v) is 5.98. The first-order chi connectivity index (χ1) is 7.11. The van der Waals surface area contributed by atoms with Crippen LogP contribution in [0.5, 0.6) is 0 Å². The Labute approximate surface area is 93.9 Å². The van der Waals surface area contributed by atoms with Crippen molar-refractivity contribution in [1.29, 1.82) is 0 Å². The van der Waals surface area contributed by atoms with Gasteiger partial charge in [0.2, 0.25) is 0 Å². The molecule has 0 saturated heterocycles. The lowest BCUT2D eigenvalue weighted by Gasteiger charge is -2.07. The summed E-state index contributed by atoms with van der Waals surface area (Å²) in [5.41, 5.74) is 5.85. The third-order valence-electron chi connectivity index (χ3n) is 2.26. The topological polar surface area (TPSA) is 63.3 Å². The highest BCUT2D eigenvalue weighted by molar-refractivity contribution is 7.11. The fourth-order valence-corrected chi connectivity index (χ4v) is 2.44. The zero-order valence-electron chi connectivity index (χ0n) is 8.90. The van der Waals surface area contributed by atoms with Crippen LogP contribution in [-0.4, -0.2) is 17.1 Å². The number of hydrogen-bond donors (Lipinski definition) is 2. The number of thiophene rings is 1. The molecule has 0 saturated carbocycles. The molecule has 0 aromatic carbocycles. The van der Waals surface area contributed by atoms with E-state index in [0.717, 1.165) is 12.8 Å². The summed E-state index contributed by atoms with van der Waals surface area (Å²) >= 11 is 1.77. The van der Waals surface area contributed by atoms with Gasteiger partial charge in [-0.2, -0.15) is 0 Å². The molecule has 0 radical (unpaired) electrons. The van der Waals surface area contributed by atoms with Crippen molar-refractivity contribution in [3.05, 3.63) is 21.9 Å². The summed E-state index contributed by atoms with van der Waals surface area (Å²) in [6, 6.07) is 4.16. The van der Waals surface area contributed by atoms with E-state index in [0.29, 0.717) is 6.42 Å². The van der Waals surface area contributed by atoms with Crippen LogP contribution in [-0.2, 0) is 17.6 Å². The van der Waals surface area contributed by atoms with E-state index in [1.165, 1.54) is 9.75 Å². The highest BCUT2D eigenvalue weighted by Gasteiger charge is 2.08. The van der Waals surface area contributed by atoms with Gasteiger partial charge in [-0.3, -0.25) is 4.79 Å². The highest BCUT2D eigenvalue weighted by Crippen LogP contribution is 2.18. The number of aliphatic carboxylic acids is 1. The predicted molar refractivity (Wildman–Crippen MR) is 62.2 cm³/mol. The third kappa shape index (κ3) is 4.44. The van der Waals surface area contributed by atoms with Gasteiger partial charge in [-0.25, -0.2) is 0 Å². The summed E-state index contributed by atoms with van der Waals surface area (Å²) in [5.74, 6) is -0.772. The maximum Gasteiger partial charge on any atom is 0.303 e. The van der Waals surface area contributed by atoms with Crippen molar-refractivity contribution in [2.24, 2.45) is 5.73 Å².